The van der Waals surface area contributed by atoms with Gasteiger partial charge in [-0.3, -0.25) is 0 Å². The first kappa shape index (κ1) is 23.4. The number of ether oxygens (including phenoxy) is 3. The van der Waals surface area contributed by atoms with E-state index in [4.69, 9.17) is 14.2 Å². The van der Waals surface area contributed by atoms with Gasteiger partial charge in [0.15, 0.2) is 0 Å². The van der Waals surface area contributed by atoms with Gasteiger partial charge in [-0.25, -0.2) is 4.79 Å². The number of carboxylic acids is 1. The number of carboxylic acid groups (broad SMARTS) is 1. The monoisotopic (exact) mass is 346 g/mol. The maximum absolute atomic E-state index is 12.1. The molecule has 0 aliphatic rings. The molecule has 5 nitrogen and oxygen atoms in total. The highest BCUT2D eigenvalue weighted by Gasteiger charge is 2.51. The van der Waals surface area contributed by atoms with Gasteiger partial charge in [0.25, 0.3) is 5.79 Å². The topological polar surface area (TPSA) is 65.0 Å². The zero-order valence-electron chi connectivity index (χ0n) is 17.0. The van der Waals surface area contributed by atoms with Gasteiger partial charge in [-0.15, -0.1) is 0 Å². The Labute approximate surface area is 148 Å². The minimum absolute atomic E-state index is 0.116. The van der Waals surface area contributed by atoms with Crippen molar-refractivity contribution in [3.63, 3.8) is 0 Å². The third-order valence-corrected chi connectivity index (χ3v) is 3.37. The molecule has 0 saturated carbocycles. The molecule has 1 atom stereocenters. The second-order valence-corrected chi connectivity index (χ2v) is 8.43. The fraction of sp³-hybridized carbons (Fsp3) is 0.947. The average Bonchev–Trinajstić information content (AvgIpc) is 2.33. The van der Waals surface area contributed by atoms with Crippen LogP contribution < -0.4 is 0 Å². The molecule has 0 rings (SSSR count). The van der Waals surface area contributed by atoms with Gasteiger partial charge in [-0.05, 0) is 59.8 Å². The first-order chi connectivity index (χ1) is 10.8. The molecule has 0 saturated heterocycles. The minimum Gasteiger partial charge on any atom is -0.477 e. The lowest BCUT2D eigenvalue weighted by molar-refractivity contribution is -0.312. The lowest BCUT2D eigenvalue weighted by atomic mass is 9.88. The predicted molar refractivity (Wildman–Crippen MR) is 96.1 cm³/mol. The molecular formula is C19H38O5. The Hall–Kier alpha value is -0.650. The molecule has 0 aromatic heterocycles. The molecule has 0 aromatic rings. The van der Waals surface area contributed by atoms with E-state index >= 15 is 0 Å². The molecule has 0 spiro atoms. The van der Waals surface area contributed by atoms with Gasteiger partial charge in [0, 0.05) is 0 Å². The molecular weight excluding hydrogens is 308 g/mol. The van der Waals surface area contributed by atoms with Gasteiger partial charge in [0.2, 0.25) is 0 Å². The van der Waals surface area contributed by atoms with E-state index in [1.54, 1.807) is 0 Å². The highest BCUT2D eigenvalue weighted by atomic mass is 16.7. The van der Waals surface area contributed by atoms with Crippen molar-refractivity contribution in [1.29, 1.82) is 0 Å². The highest BCUT2D eigenvalue weighted by molar-refractivity contribution is 5.76. The van der Waals surface area contributed by atoms with E-state index in [0.29, 0.717) is 6.42 Å². The normalized spacial score (nSPS) is 14.7. The fourth-order valence-corrected chi connectivity index (χ4v) is 2.61. The third-order valence-electron chi connectivity index (χ3n) is 3.37. The summed E-state index contributed by atoms with van der Waals surface area (Å²) in [5.74, 6) is -2.92. The van der Waals surface area contributed by atoms with Gasteiger partial charge in [-0.2, -0.15) is 0 Å². The summed E-state index contributed by atoms with van der Waals surface area (Å²) in [6.07, 6.45) is 1.03. The van der Waals surface area contributed by atoms with Crippen molar-refractivity contribution in [3.05, 3.63) is 0 Å². The third kappa shape index (κ3) is 8.45. The van der Waals surface area contributed by atoms with E-state index in [1.165, 1.54) is 0 Å². The lowest BCUT2D eigenvalue weighted by Gasteiger charge is -2.40. The molecule has 0 aromatic carbocycles. The second kappa shape index (κ2) is 9.73. The number of aliphatic carboxylic acids is 1. The molecule has 0 amide bonds. The second-order valence-electron chi connectivity index (χ2n) is 8.43. The van der Waals surface area contributed by atoms with E-state index in [0.717, 1.165) is 12.8 Å². The van der Waals surface area contributed by atoms with Crippen LogP contribution >= 0.6 is 0 Å². The SMILES string of the molecule is CC(C)OC(CCCC(C)(C)C)C(OC(C)C)(OC(C)C)C(=O)O. The average molecular weight is 347 g/mol. The van der Waals surface area contributed by atoms with Crippen molar-refractivity contribution in [3.8, 4) is 0 Å². The van der Waals surface area contributed by atoms with Crippen LogP contribution in [0, 0.1) is 5.41 Å². The molecule has 5 heteroatoms. The first-order valence-corrected chi connectivity index (χ1v) is 9.04. The summed E-state index contributed by atoms with van der Waals surface area (Å²) in [6.45, 7) is 17.5. The van der Waals surface area contributed by atoms with Crippen LogP contribution in [0.15, 0.2) is 0 Å². The summed E-state index contributed by atoms with van der Waals surface area (Å²) in [6, 6.07) is 0. The van der Waals surface area contributed by atoms with Crippen molar-refractivity contribution >= 4 is 5.97 Å². The summed E-state index contributed by atoms with van der Waals surface area (Å²) in [5.41, 5.74) is 0.187. The maximum atomic E-state index is 12.1. The zero-order valence-corrected chi connectivity index (χ0v) is 17.0. The Morgan fingerprint density at radius 3 is 1.67 bits per heavy atom. The van der Waals surface area contributed by atoms with E-state index in [1.807, 2.05) is 41.5 Å². The van der Waals surface area contributed by atoms with Crippen LogP contribution in [0.4, 0.5) is 0 Å². The molecule has 0 radical (unpaired) electrons. The minimum atomic E-state index is -1.79. The number of hydrogen-bond donors (Lipinski definition) is 1. The molecule has 0 fully saturated rings. The molecule has 0 bridgehead atoms. The quantitative estimate of drug-likeness (QED) is 0.553. The molecule has 1 N–H and O–H groups in total. The Morgan fingerprint density at radius 1 is 0.917 bits per heavy atom. The largest absolute Gasteiger partial charge is 0.477 e. The molecule has 144 valence electrons. The maximum Gasteiger partial charge on any atom is 0.367 e. The fourth-order valence-electron chi connectivity index (χ4n) is 2.61. The number of rotatable bonds is 11. The number of hydrogen-bond acceptors (Lipinski definition) is 4. The van der Waals surface area contributed by atoms with Gasteiger partial charge < -0.3 is 19.3 Å². The molecule has 0 heterocycles. The van der Waals surface area contributed by atoms with Crippen molar-refractivity contribution in [2.45, 2.75) is 112 Å². The molecule has 1 unspecified atom stereocenters. The van der Waals surface area contributed by atoms with Gasteiger partial charge in [-0.1, -0.05) is 27.2 Å². The highest BCUT2D eigenvalue weighted by Crippen LogP contribution is 2.31. The first-order valence-electron chi connectivity index (χ1n) is 9.04. The van der Waals surface area contributed by atoms with Crippen molar-refractivity contribution < 1.29 is 24.1 Å². The van der Waals surface area contributed by atoms with Crippen molar-refractivity contribution in [2.24, 2.45) is 5.41 Å². The van der Waals surface area contributed by atoms with Gasteiger partial charge in [0.1, 0.15) is 6.10 Å². The van der Waals surface area contributed by atoms with E-state index in [2.05, 4.69) is 20.8 Å². The van der Waals surface area contributed by atoms with Crippen LogP contribution in [-0.2, 0) is 19.0 Å². The summed E-state index contributed by atoms with van der Waals surface area (Å²) >= 11 is 0. The molecule has 0 aliphatic carbocycles. The summed E-state index contributed by atoms with van der Waals surface area (Å²) < 4.78 is 17.6. The standard InChI is InChI=1S/C19H38O5/c1-13(2)22-16(11-10-12-18(7,8)9)19(17(20)21,23-14(3)4)24-15(5)6/h13-16H,10-12H2,1-9H3,(H,20,21). The Balaban J connectivity index is 5.55. The van der Waals surface area contributed by atoms with Crippen LogP contribution in [0.5, 0.6) is 0 Å². The van der Waals surface area contributed by atoms with Gasteiger partial charge >= 0.3 is 5.97 Å². The van der Waals surface area contributed by atoms with Crippen LogP contribution in [0.25, 0.3) is 0 Å². The van der Waals surface area contributed by atoms with Crippen LogP contribution in [0.1, 0.15) is 81.6 Å². The van der Waals surface area contributed by atoms with E-state index < -0.39 is 17.9 Å². The molecule has 24 heavy (non-hydrogen) atoms. The summed E-state index contributed by atoms with van der Waals surface area (Å²) in [4.78, 5) is 12.1. The van der Waals surface area contributed by atoms with Crippen LogP contribution in [0.3, 0.4) is 0 Å². The molecule has 0 aliphatic heterocycles. The smallest absolute Gasteiger partial charge is 0.367 e. The Kier molecular flexibility index (Phi) is 9.47. The Morgan fingerprint density at radius 2 is 1.38 bits per heavy atom. The van der Waals surface area contributed by atoms with Gasteiger partial charge in [0.05, 0.1) is 18.3 Å². The van der Waals surface area contributed by atoms with E-state index in [9.17, 15) is 9.90 Å². The van der Waals surface area contributed by atoms with E-state index in [-0.39, 0.29) is 23.7 Å². The number of carbonyl (C=O) groups is 1. The lowest BCUT2D eigenvalue weighted by Crippen LogP contribution is -2.57. The van der Waals surface area contributed by atoms with Crippen LogP contribution in [-0.4, -0.2) is 41.3 Å². The van der Waals surface area contributed by atoms with Crippen LogP contribution in [0.2, 0.25) is 0 Å². The Bertz CT molecular complexity index is 358. The predicted octanol–water partition coefficient (Wildman–Crippen LogP) is 4.63. The zero-order chi connectivity index (χ0) is 19.1. The summed E-state index contributed by atoms with van der Waals surface area (Å²) in [7, 11) is 0. The van der Waals surface area contributed by atoms with Crippen molar-refractivity contribution in [1.82, 2.24) is 0 Å². The van der Waals surface area contributed by atoms with Crippen molar-refractivity contribution in [2.75, 3.05) is 0 Å². The summed E-state index contributed by atoms with van der Waals surface area (Å²) in [5, 5.41) is 9.93.